The highest BCUT2D eigenvalue weighted by molar-refractivity contribution is 5.50. The van der Waals surface area contributed by atoms with Crippen molar-refractivity contribution in [1.82, 2.24) is 4.90 Å². The van der Waals surface area contributed by atoms with E-state index in [1.165, 1.54) is 19.1 Å². The molecule has 0 radical (unpaired) electrons. The fraction of sp³-hybridized carbons (Fsp3) is 0.625. The third-order valence-electron chi connectivity index (χ3n) is 4.04. The number of piperidine rings is 1. The van der Waals surface area contributed by atoms with Crippen LogP contribution in [-0.2, 0) is 6.18 Å². The SMILES string of the molecule is CCCN1CCC(Nc2ccc(C)c(C(F)(F)F)c2)CC1. The van der Waals surface area contributed by atoms with E-state index in [-0.39, 0.29) is 11.6 Å². The summed E-state index contributed by atoms with van der Waals surface area (Å²) in [7, 11) is 0. The third-order valence-corrected chi connectivity index (χ3v) is 4.04. The Morgan fingerprint density at radius 1 is 1.24 bits per heavy atom. The van der Waals surface area contributed by atoms with Crippen LogP contribution < -0.4 is 5.32 Å². The maximum atomic E-state index is 12.9. The van der Waals surface area contributed by atoms with Crippen LogP contribution in [0.2, 0.25) is 0 Å². The minimum Gasteiger partial charge on any atom is -0.382 e. The Morgan fingerprint density at radius 2 is 1.90 bits per heavy atom. The summed E-state index contributed by atoms with van der Waals surface area (Å²) in [6.45, 7) is 6.80. The monoisotopic (exact) mass is 300 g/mol. The van der Waals surface area contributed by atoms with Gasteiger partial charge in [-0.3, -0.25) is 0 Å². The van der Waals surface area contributed by atoms with E-state index in [0.29, 0.717) is 5.69 Å². The molecule has 21 heavy (non-hydrogen) atoms. The normalized spacial score (nSPS) is 18.0. The van der Waals surface area contributed by atoms with Gasteiger partial charge in [-0.2, -0.15) is 13.2 Å². The number of benzene rings is 1. The van der Waals surface area contributed by atoms with Crippen molar-refractivity contribution in [3.8, 4) is 0 Å². The fourth-order valence-electron chi connectivity index (χ4n) is 2.87. The second-order valence-electron chi connectivity index (χ2n) is 5.79. The Hall–Kier alpha value is -1.23. The third kappa shape index (κ3) is 4.37. The van der Waals surface area contributed by atoms with Gasteiger partial charge in [0.15, 0.2) is 0 Å². The van der Waals surface area contributed by atoms with Crippen molar-refractivity contribution in [2.75, 3.05) is 25.0 Å². The number of aryl methyl sites for hydroxylation is 1. The Kier molecular flexibility index (Phi) is 5.14. The highest BCUT2D eigenvalue weighted by Crippen LogP contribution is 2.33. The summed E-state index contributed by atoms with van der Waals surface area (Å²) in [6, 6.07) is 4.77. The van der Waals surface area contributed by atoms with Crippen LogP contribution in [0.4, 0.5) is 18.9 Å². The van der Waals surface area contributed by atoms with Gasteiger partial charge in [0.25, 0.3) is 0 Å². The lowest BCUT2D eigenvalue weighted by Gasteiger charge is -2.32. The lowest BCUT2D eigenvalue weighted by molar-refractivity contribution is -0.138. The number of nitrogens with zero attached hydrogens (tertiary/aromatic N) is 1. The molecule has 1 heterocycles. The molecule has 1 aromatic carbocycles. The Balaban J connectivity index is 1.98. The number of likely N-dealkylation sites (tertiary alicyclic amines) is 1. The highest BCUT2D eigenvalue weighted by atomic mass is 19.4. The second kappa shape index (κ2) is 6.69. The molecule has 0 aliphatic carbocycles. The van der Waals surface area contributed by atoms with Crippen molar-refractivity contribution >= 4 is 5.69 Å². The first kappa shape index (κ1) is 16.1. The van der Waals surface area contributed by atoms with Gasteiger partial charge in [-0.15, -0.1) is 0 Å². The first-order valence-corrected chi connectivity index (χ1v) is 7.57. The molecular formula is C16H23F3N2. The van der Waals surface area contributed by atoms with Crippen LogP contribution in [0, 0.1) is 6.92 Å². The van der Waals surface area contributed by atoms with Gasteiger partial charge in [0.2, 0.25) is 0 Å². The summed E-state index contributed by atoms with van der Waals surface area (Å²) in [4.78, 5) is 2.41. The molecule has 1 fully saturated rings. The quantitative estimate of drug-likeness (QED) is 0.892. The van der Waals surface area contributed by atoms with Crippen LogP contribution >= 0.6 is 0 Å². The predicted octanol–water partition coefficient (Wildman–Crippen LogP) is 4.30. The molecule has 0 bridgehead atoms. The van der Waals surface area contributed by atoms with Gasteiger partial charge in [-0.25, -0.2) is 0 Å². The zero-order chi connectivity index (χ0) is 15.5. The topological polar surface area (TPSA) is 15.3 Å². The molecule has 1 N–H and O–H groups in total. The number of halogens is 3. The zero-order valence-electron chi connectivity index (χ0n) is 12.6. The number of hydrogen-bond donors (Lipinski definition) is 1. The summed E-state index contributed by atoms with van der Waals surface area (Å²) in [5, 5.41) is 3.26. The molecule has 118 valence electrons. The summed E-state index contributed by atoms with van der Waals surface area (Å²) in [6.07, 6.45) is -1.18. The number of rotatable bonds is 4. The van der Waals surface area contributed by atoms with Crippen LogP contribution in [-0.4, -0.2) is 30.6 Å². The Morgan fingerprint density at radius 3 is 2.48 bits per heavy atom. The van der Waals surface area contributed by atoms with E-state index in [4.69, 9.17) is 0 Å². The number of anilines is 1. The van der Waals surface area contributed by atoms with E-state index >= 15 is 0 Å². The highest BCUT2D eigenvalue weighted by Gasteiger charge is 2.32. The summed E-state index contributed by atoms with van der Waals surface area (Å²) < 4.78 is 38.7. The van der Waals surface area contributed by atoms with Gasteiger partial charge in [0.05, 0.1) is 5.56 Å². The van der Waals surface area contributed by atoms with Gasteiger partial charge in [0, 0.05) is 24.8 Å². The van der Waals surface area contributed by atoms with Crippen molar-refractivity contribution < 1.29 is 13.2 Å². The average molecular weight is 300 g/mol. The van der Waals surface area contributed by atoms with E-state index < -0.39 is 11.7 Å². The molecule has 2 nitrogen and oxygen atoms in total. The minimum atomic E-state index is -4.29. The smallest absolute Gasteiger partial charge is 0.382 e. The molecule has 2 rings (SSSR count). The first-order valence-electron chi connectivity index (χ1n) is 7.57. The largest absolute Gasteiger partial charge is 0.416 e. The molecule has 0 aromatic heterocycles. The average Bonchev–Trinajstić information content (AvgIpc) is 2.42. The zero-order valence-corrected chi connectivity index (χ0v) is 12.6. The van der Waals surface area contributed by atoms with Crippen molar-refractivity contribution in [2.24, 2.45) is 0 Å². The summed E-state index contributed by atoms with van der Waals surface area (Å²) in [5.74, 6) is 0. The van der Waals surface area contributed by atoms with Crippen molar-refractivity contribution in [3.05, 3.63) is 29.3 Å². The predicted molar refractivity (Wildman–Crippen MR) is 79.6 cm³/mol. The lowest BCUT2D eigenvalue weighted by Crippen LogP contribution is -2.39. The van der Waals surface area contributed by atoms with E-state index in [1.807, 2.05) is 0 Å². The molecule has 0 saturated carbocycles. The molecule has 1 aliphatic heterocycles. The molecule has 0 atom stereocenters. The van der Waals surface area contributed by atoms with Crippen molar-refractivity contribution in [3.63, 3.8) is 0 Å². The Bertz CT molecular complexity index is 463. The Labute approximate surface area is 124 Å². The van der Waals surface area contributed by atoms with Crippen molar-refractivity contribution in [1.29, 1.82) is 0 Å². The maximum Gasteiger partial charge on any atom is 0.416 e. The number of nitrogens with one attached hydrogen (secondary N) is 1. The fourth-order valence-corrected chi connectivity index (χ4v) is 2.87. The van der Waals surface area contributed by atoms with Crippen LogP contribution in [0.3, 0.4) is 0 Å². The van der Waals surface area contributed by atoms with Gasteiger partial charge in [0.1, 0.15) is 0 Å². The molecule has 1 saturated heterocycles. The molecule has 5 heteroatoms. The van der Waals surface area contributed by atoms with Gasteiger partial charge >= 0.3 is 6.18 Å². The first-order chi connectivity index (χ1) is 9.90. The van der Waals surface area contributed by atoms with E-state index in [0.717, 1.165) is 38.9 Å². The number of hydrogen-bond acceptors (Lipinski definition) is 2. The molecule has 0 amide bonds. The van der Waals surface area contributed by atoms with Crippen LogP contribution in [0.1, 0.15) is 37.3 Å². The van der Waals surface area contributed by atoms with Gasteiger partial charge < -0.3 is 10.2 Å². The molecule has 0 unspecified atom stereocenters. The van der Waals surface area contributed by atoms with Crippen LogP contribution in [0.15, 0.2) is 18.2 Å². The minimum absolute atomic E-state index is 0.266. The number of alkyl halides is 3. The van der Waals surface area contributed by atoms with Crippen molar-refractivity contribution in [2.45, 2.75) is 45.3 Å². The molecular weight excluding hydrogens is 277 g/mol. The van der Waals surface area contributed by atoms with E-state index in [9.17, 15) is 13.2 Å². The van der Waals surface area contributed by atoms with Crippen LogP contribution in [0.25, 0.3) is 0 Å². The summed E-state index contributed by atoms with van der Waals surface area (Å²) >= 11 is 0. The standard InChI is InChI=1S/C16H23F3N2/c1-3-8-21-9-6-13(7-10-21)20-14-5-4-12(2)15(11-14)16(17,18)19/h4-5,11,13,20H,3,6-10H2,1-2H3. The molecule has 0 spiro atoms. The lowest BCUT2D eigenvalue weighted by atomic mass is 10.0. The maximum absolute atomic E-state index is 12.9. The summed E-state index contributed by atoms with van der Waals surface area (Å²) in [5.41, 5.74) is 0.295. The second-order valence-corrected chi connectivity index (χ2v) is 5.79. The van der Waals surface area contributed by atoms with E-state index in [2.05, 4.69) is 17.1 Å². The molecule has 1 aromatic rings. The van der Waals surface area contributed by atoms with Gasteiger partial charge in [-0.1, -0.05) is 13.0 Å². The van der Waals surface area contributed by atoms with Crippen LogP contribution in [0.5, 0.6) is 0 Å². The molecule has 1 aliphatic rings. The van der Waals surface area contributed by atoms with E-state index in [1.54, 1.807) is 6.07 Å². The van der Waals surface area contributed by atoms with Gasteiger partial charge in [-0.05, 0) is 50.4 Å².